The number of carbonyl (C=O) groups excluding carboxylic acids is 2. The van der Waals surface area contributed by atoms with Crippen LogP contribution < -0.4 is 25.0 Å². The smallest absolute Gasteiger partial charge is 0.314 e. The molecule has 8 heteroatoms. The Morgan fingerprint density at radius 2 is 1.60 bits per heavy atom. The molecule has 30 heavy (non-hydrogen) atoms. The number of rotatable bonds is 7. The van der Waals surface area contributed by atoms with Gasteiger partial charge in [0.1, 0.15) is 0 Å². The standard InChI is InChI=1S/C22H27N3O5/c1-3-29-19-10-9-16(15-20(19)30-4-2)23-21(26)22(27)24-17-7-5-6-8-18(17)25-11-13-28-14-12-25/h5-10,15H,3-4,11-14H2,1-2H3,(H,23,26)(H,24,27). The van der Waals surface area contributed by atoms with Gasteiger partial charge in [0.05, 0.1) is 37.8 Å². The van der Waals surface area contributed by atoms with Crippen molar-refractivity contribution in [3.8, 4) is 11.5 Å². The van der Waals surface area contributed by atoms with Crippen LogP contribution in [0, 0.1) is 0 Å². The second kappa shape index (κ2) is 10.5. The molecule has 2 aromatic carbocycles. The second-order valence-corrected chi connectivity index (χ2v) is 6.55. The number of carbonyl (C=O) groups is 2. The Kier molecular flexibility index (Phi) is 7.51. The third-order valence-corrected chi connectivity index (χ3v) is 4.51. The van der Waals surface area contributed by atoms with Gasteiger partial charge in [-0.2, -0.15) is 0 Å². The third-order valence-electron chi connectivity index (χ3n) is 4.51. The fourth-order valence-corrected chi connectivity index (χ4v) is 3.16. The van der Waals surface area contributed by atoms with Crippen LogP contribution in [0.15, 0.2) is 42.5 Å². The SMILES string of the molecule is CCOc1ccc(NC(=O)C(=O)Nc2ccccc2N2CCOCC2)cc1OCC. The monoisotopic (exact) mass is 413 g/mol. The summed E-state index contributed by atoms with van der Waals surface area (Å²) in [4.78, 5) is 27.1. The summed E-state index contributed by atoms with van der Waals surface area (Å²) < 4.78 is 16.5. The molecule has 2 amide bonds. The first kappa shape index (κ1) is 21.4. The normalized spacial score (nSPS) is 13.5. The van der Waals surface area contributed by atoms with Gasteiger partial charge in [0, 0.05) is 24.8 Å². The lowest BCUT2D eigenvalue weighted by molar-refractivity contribution is -0.132. The molecule has 0 atom stereocenters. The molecule has 8 nitrogen and oxygen atoms in total. The van der Waals surface area contributed by atoms with E-state index in [9.17, 15) is 9.59 Å². The predicted molar refractivity (Wildman–Crippen MR) is 116 cm³/mol. The number of anilines is 3. The number of morpholine rings is 1. The van der Waals surface area contributed by atoms with Crippen molar-refractivity contribution in [1.29, 1.82) is 0 Å². The molecular weight excluding hydrogens is 386 g/mol. The highest BCUT2D eigenvalue weighted by Crippen LogP contribution is 2.31. The molecule has 3 rings (SSSR count). The van der Waals surface area contributed by atoms with E-state index in [1.54, 1.807) is 24.3 Å². The maximum Gasteiger partial charge on any atom is 0.314 e. The Hall–Kier alpha value is -3.26. The van der Waals surface area contributed by atoms with E-state index in [4.69, 9.17) is 14.2 Å². The van der Waals surface area contributed by atoms with Crippen LogP contribution in [0.1, 0.15) is 13.8 Å². The fourth-order valence-electron chi connectivity index (χ4n) is 3.16. The van der Waals surface area contributed by atoms with E-state index in [-0.39, 0.29) is 0 Å². The number of hydrogen-bond donors (Lipinski definition) is 2. The highest BCUT2D eigenvalue weighted by atomic mass is 16.5. The minimum absolute atomic E-state index is 0.448. The van der Waals surface area contributed by atoms with E-state index in [1.807, 2.05) is 32.0 Å². The molecule has 0 bridgehead atoms. The zero-order valence-corrected chi connectivity index (χ0v) is 17.3. The Labute approximate surface area is 176 Å². The first-order chi connectivity index (χ1) is 14.6. The van der Waals surface area contributed by atoms with Crippen LogP contribution in [0.25, 0.3) is 0 Å². The zero-order valence-electron chi connectivity index (χ0n) is 17.3. The third kappa shape index (κ3) is 5.42. The average molecular weight is 413 g/mol. The fraction of sp³-hybridized carbons (Fsp3) is 0.364. The molecule has 1 fully saturated rings. The van der Waals surface area contributed by atoms with Gasteiger partial charge in [-0.05, 0) is 38.1 Å². The molecule has 1 aliphatic heterocycles. The number of hydrogen-bond acceptors (Lipinski definition) is 6. The molecule has 0 saturated carbocycles. The second-order valence-electron chi connectivity index (χ2n) is 6.55. The number of nitrogens with one attached hydrogen (secondary N) is 2. The van der Waals surface area contributed by atoms with Gasteiger partial charge in [-0.15, -0.1) is 0 Å². The lowest BCUT2D eigenvalue weighted by Crippen LogP contribution is -2.37. The summed E-state index contributed by atoms with van der Waals surface area (Å²) >= 11 is 0. The van der Waals surface area contributed by atoms with Gasteiger partial charge in [-0.3, -0.25) is 9.59 Å². The van der Waals surface area contributed by atoms with Crippen LogP contribution in [-0.2, 0) is 14.3 Å². The van der Waals surface area contributed by atoms with Crippen LogP contribution in [0.5, 0.6) is 11.5 Å². The molecule has 1 saturated heterocycles. The lowest BCUT2D eigenvalue weighted by Gasteiger charge is -2.30. The molecule has 0 radical (unpaired) electrons. The van der Waals surface area contributed by atoms with Crippen molar-refractivity contribution in [1.82, 2.24) is 0 Å². The van der Waals surface area contributed by atoms with E-state index in [1.165, 1.54) is 0 Å². The largest absolute Gasteiger partial charge is 0.490 e. The summed E-state index contributed by atoms with van der Waals surface area (Å²) in [6.07, 6.45) is 0. The molecule has 0 aliphatic carbocycles. The van der Waals surface area contributed by atoms with E-state index >= 15 is 0 Å². The van der Waals surface area contributed by atoms with Gasteiger partial charge in [0.2, 0.25) is 0 Å². The molecule has 0 unspecified atom stereocenters. The summed E-state index contributed by atoms with van der Waals surface area (Å²) in [5, 5.41) is 5.32. The average Bonchev–Trinajstić information content (AvgIpc) is 2.77. The predicted octanol–water partition coefficient (Wildman–Crippen LogP) is 2.90. The minimum Gasteiger partial charge on any atom is -0.490 e. The topological polar surface area (TPSA) is 89.1 Å². The van der Waals surface area contributed by atoms with Crippen LogP contribution in [-0.4, -0.2) is 51.3 Å². The highest BCUT2D eigenvalue weighted by molar-refractivity contribution is 6.44. The maximum atomic E-state index is 12.5. The number of benzene rings is 2. The lowest BCUT2D eigenvalue weighted by atomic mass is 10.2. The molecule has 160 valence electrons. The van der Waals surface area contributed by atoms with E-state index in [2.05, 4.69) is 15.5 Å². The van der Waals surface area contributed by atoms with Gasteiger partial charge >= 0.3 is 11.8 Å². The molecule has 1 aliphatic rings. The molecule has 0 spiro atoms. The van der Waals surface area contributed by atoms with Crippen molar-refractivity contribution in [2.75, 3.05) is 55.1 Å². The summed E-state index contributed by atoms with van der Waals surface area (Å²) in [7, 11) is 0. The zero-order chi connectivity index (χ0) is 21.3. The molecule has 0 aromatic heterocycles. The summed E-state index contributed by atoms with van der Waals surface area (Å²) in [6, 6.07) is 12.4. The highest BCUT2D eigenvalue weighted by Gasteiger charge is 2.19. The van der Waals surface area contributed by atoms with Crippen LogP contribution in [0.2, 0.25) is 0 Å². The van der Waals surface area contributed by atoms with Crippen molar-refractivity contribution in [3.63, 3.8) is 0 Å². The summed E-state index contributed by atoms with van der Waals surface area (Å²) in [5.74, 6) is -0.419. The van der Waals surface area contributed by atoms with Crippen LogP contribution in [0.4, 0.5) is 17.1 Å². The minimum atomic E-state index is -0.765. The van der Waals surface area contributed by atoms with E-state index < -0.39 is 11.8 Å². The van der Waals surface area contributed by atoms with E-state index in [0.717, 1.165) is 18.8 Å². The van der Waals surface area contributed by atoms with Crippen molar-refractivity contribution in [3.05, 3.63) is 42.5 Å². The number of para-hydroxylation sites is 2. The van der Waals surface area contributed by atoms with Crippen molar-refractivity contribution < 1.29 is 23.8 Å². The molecule has 2 N–H and O–H groups in total. The number of ether oxygens (including phenoxy) is 3. The first-order valence-corrected chi connectivity index (χ1v) is 10.1. The van der Waals surface area contributed by atoms with Gasteiger partial charge in [-0.1, -0.05) is 12.1 Å². The molecular formula is C22H27N3O5. The van der Waals surface area contributed by atoms with Crippen molar-refractivity contribution >= 4 is 28.9 Å². The number of amides is 2. The maximum absolute atomic E-state index is 12.5. The summed E-state index contributed by atoms with van der Waals surface area (Å²) in [5.41, 5.74) is 1.89. The van der Waals surface area contributed by atoms with Gasteiger partial charge in [-0.25, -0.2) is 0 Å². The van der Waals surface area contributed by atoms with Crippen molar-refractivity contribution in [2.24, 2.45) is 0 Å². The molecule has 1 heterocycles. The first-order valence-electron chi connectivity index (χ1n) is 10.1. The Balaban J connectivity index is 1.68. The van der Waals surface area contributed by atoms with Crippen LogP contribution in [0.3, 0.4) is 0 Å². The van der Waals surface area contributed by atoms with Crippen molar-refractivity contribution in [2.45, 2.75) is 13.8 Å². The van der Waals surface area contributed by atoms with Gasteiger partial charge in [0.15, 0.2) is 11.5 Å². The Bertz CT molecular complexity index is 881. The van der Waals surface area contributed by atoms with Crippen LogP contribution >= 0.6 is 0 Å². The Morgan fingerprint density at radius 3 is 2.33 bits per heavy atom. The summed E-state index contributed by atoms with van der Waals surface area (Å²) in [6.45, 7) is 7.40. The van der Waals surface area contributed by atoms with Gasteiger partial charge < -0.3 is 29.7 Å². The number of nitrogens with zero attached hydrogens (tertiary/aromatic N) is 1. The quantitative estimate of drug-likeness (QED) is 0.679. The van der Waals surface area contributed by atoms with Gasteiger partial charge in [0.25, 0.3) is 0 Å². The molecule has 2 aromatic rings. The Morgan fingerprint density at radius 1 is 0.933 bits per heavy atom. The van der Waals surface area contributed by atoms with E-state index in [0.29, 0.717) is 49.3 Å².